The first kappa shape index (κ1) is 15.8. The highest BCUT2D eigenvalue weighted by molar-refractivity contribution is 6.42. The van der Waals surface area contributed by atoms with E-state index in [9.17, 15) is 14.7 Å². The highest BCUT2D eigenvalue weighted by Crippen LogP contribution is 2.35. The minimum atomic E-state index is -0.982. The van der Waals surface area contributed by atoms with E-state index in [-0.39, 0.29) is 12.3 Å². The molecule has 2 aromatic carbocycles. The number of halogens is 2. The molecule has 0 unspecified atom stereocenters. The first-order chi connectivity index (χ1) is 11.0. The van der Waals surface area contributed by atoms with Crippen LogP contribution in [0.1, 0.15) is 33.9 Å². The lowest BCUT2D eigenvalue weighted by atomic mass is 10.0. The molecular formula is C17H13Cl2NO3. The second kappa shape index (κ2) is 6.22. The molecule has 1 atom stereocenters. The van der Waals surface area contributed by atoms with Crippen LogP contribution in [0, 0.1) is 0 Å². The molecule has 0 aliphatic carbocycles. The molecule has 1 aliphatic rings. The van der Waals surface area contributed by atoms with Crippen LogP contribution in [0.5, 0.6) is 0 Å². The van der Waals surface area contributed by atoms with Crippen molar-refractivity contribution in [2.24, 2.45) is 0 Å². The van der Waals surface area contributed by atoms with E-state index in [0.717, 1.165) is 5.56 Å². The Morgan fingerprint density at radius 3 is 2.57 bits per heavy atom. The van der Waals surface area contributed by atoms with Gasteiger partial charge < -0.3 is 10.0 Å². The maximum absolute atomic E-state index is 12.6. The summed E-state index contributed by atoms with van der Waals surface area (Å²) in [5.41, 5.74) is 2.17. The molecule has 1 amide bonds. The summed E-state index contributed by atoms with van der Waals surface area (Å²) in [7, 11) is 0. The molecular weight excluding hydrogens is 337 g/mol. The molecule has 1 N–H and O–H groups in total. The number of carbonyl (C=O) groups is 2. The lowest BCUT2D eigenvalue weighted by Gasteiger charge is -2.27. The Hall–Kier alpha value is -2.04. The van der Waals surface area contributed by atoms with Crippen molar-refractivity contribution in [3.8, 4) is 0 Å². The van der Waals surface area contributed by atoms with Crippen LogP contribution in [0.25, 0.3) is 0 Å². The van der Waals surface area contributed by atoms with Gasteiger partial charge in [0.2, 0.25) is 0 Å². The van der Waals surface area contributed by atoms with E-state index < -0.39 is 12.0 Å². The van der Waals surface area contributed by atoms with Crippen LogP contribution in [0.2, 0.25) is 10.0 Å². The molecule has 23 heavy (non-hydrogen) atoms. The first-order valence-electron chi connectivity index (χ1n) is 7.03. The Morgan fingerprint density at radius 2 is 1.91 bits per heavy atom. The molecule has 0 fully saturated rings. The largest absolute Gasteiger partial charge is 0.481 e. The summed E-state index contributed by atoms with van der Waals surface area (Å²) in [6, 6.07) is 11.6. The third kappa shape index (κ3) is 3.05. The van der Waals surface area contributed by atoms with Crippen molar-refractivity contribution in [1.29, 1.82) is 0 Å². The lowest BCUT2D eigenvalue weighted by Crippen LogP contribution is -2.30. The van der Waals surface area contributed by atoms with Gasteiger partial charge in [0.1, 0.15) is 0 Å². The molecule has 2 aromatic rings. The molecule has 0 spiro atoms. The minimum Gasteiger partial charge on any atom is -0.481 e. The van der Waals surface area contributed by atoms with Gasteiger partial charge in [-0.25, -0.2) is 0 Å². The number of benzene rings is 2. The van der Waals surface area contributed by atoms with E-state index in [0.29, 0.717) is 27.7 Å². The van der Waals surface area contributed by atoms with Crippen LogP contribution in [-0.2, 0) is 11.3 Å². The zero-order chi connectivity index (χ0) is 16.6. The van der Waals surface area contributed by atoms with Crippen LogP contribution in [-0.4, -0.2) is 21.9 Å². The topological polar surface area (TPSA) is 57.6 Å². The monoisotopic (exact) mass is 349 g/mol. The Bertz CT molecular complexity index is 791. The van der Waals surface area contributed by atoms with E-state index >= 15 is 0 Å². The van der Waals surface area contributed by atoms with Crippen molar-refractivity contribution in [3.63, 3.8) is 0 Å². The summed E-state index contributed by atoms with van der Waals surface area (Å²) >= 11 is 12.0. The Balaban J connectivity index is 1.99. The molecule has 0 bridgehead atoms. The molecule has 6 heteroatoms. The van der Waals surface area contributed by atoms with Gasteiger partial charge >= 0.3 is 5.97 Å². The molecule has 118 valence electrons. The maximum atomic E-state index is 12.6. The predicted octanol–water partition coefficient (Wildman–Crippen LogP) is 4.17. The number of hydrogen-bond donors (Lipinski definition) is 1. The summed E-state index contributed by atoms with van der Waals surface area (Å²) < 4.78 is 0. The van der Waals surface area contributed by atoms with E-state index in [2.05, 4.69) is 0 Å². The second-order valence-electron chi connectivity index (χ2n) is 5.38. The van der Waals surface area contributed by atoms with E-state index in [4.69, 9.17) is 23.2 Å². The Kier molecular flexibility index (Phi) is 4.28. The van der Waals surface area contributed by atoms with Crippen LogP contribution in [0.4, 0.5) is 0 Å². The zero-order valence-corrected chi connectivity index (χ0v) is 13.5. The highest BCUT2D eigenvalue weighted by atomic mass is 35.5. The summed E-state index contributed by atoms with van der Waals surface area (Å²) in [5.74, 6) is -1.15. The average Bonchev–Trinajstić information content (AvgIpc) is 2.85. The van der Waals surface area contributed by atoms with Gasteiger partial charge in [0.25, 0.3) is 5.91 Å². The second-order valence-corrected chi connectivity index (χ2v) is 6.19. The molecule has 1 heterocycles. The number of carboxylic acids is 1. The van der Waals surface area contributed by atoms with Gasteiger partial charge in [-0.3, -0.25) is 9.59 Å². The maximum Gasteiger partial charge on any atom is 0.305 e. The van der Waals surface area contributed by atoms with E-state index in [1.165, 1.54) is 0 Å². The van der Waals surface area contributed by atoms with Gasteiger partial charge in [0, 0.05) is 12.1 Å². The smallest absolute Gasteiger partial charge is 0.305 e. The number of carboxylic acid groups (broad SMARTS) is 1. The molecule has 0 saturated heterocycles. The van der Waals surface area contributed by atoms with Gasteiger partial charge in [-0.2, -0.15) is 0 Å². The minimum absolute atomic E-state index is 0.169. The van der Waals surface area contributed by atoms with Crippen molar-refractivity contribution in [1.82, 2.24) is 4.90 Å². The number of fused-ring (bicyclic) bond motifs is 1. The van der Waals surface area contributed by atoms with E-state index in [1.807, 2.05) is 12.1 Å². The lowest BCUT2D eigenvalue weighted by molar-refractivity contribution is -0.138. The summed E-state index contributed by atoms with van der Waals surface area (Å²) in [6.45, 7) is 0.382. The number of carbonyl (C=O) groups excluding carboxylic acids is 1. The average molecular weight is 350 g/mol. The highest BCUT2D eigenvalue weighted by Gasteiger charge is 2.34. The molecule has 3 rings (SSSR count). The zero-order valence-electron chi connectivity index (χ0n) is 12.0. The third-order valence-corrected chi connectivity index (χ3v) is 4.66. The SMILES string of the molecule is O=C(O)C[C@@H](c1ccc(Cl)c(Cl)c1)N1Cc2ccccc2C1=O. The fourth-order valence-electron chi connectivity index (χ4n) is 2.82. The molecule has 0 saturated carbocycles. The van der Waals surface area contributed by atoms with Crippen LogP contribution in [0.15, 0.2) is 42.5 Å². The van der Waals surface area contributed by atoms with Crippen molar-refractivity contribution in [2.45, 2.75) is 19.0 Å². The van der Waals surface area contributed by atoms with Gasteiger partial charge in [-0.1, -0.05) is 47.5 Å². The van der Waals surface area contributed by atoms with Crippen molar-refractivity contribution in [3.05, 3.63) is 69.2 Å². The summed E-state index contributed by atoms with van der Waals surface area (Å²) in [4.78, 5) is 25.5. The number of nitrogens with zero attached hydrogens (tertiary/aromatic N) is 1. The van der Waals surface area contributed by atoms with Gasteiger partial charge in [0.15, 0.2) is 0 Å². The standard InChI is InChI=1S/C17H13Cl2NO3/c18-13-6-5-10(7-14(13)19)15(8-16(21)22)20-9-11-3-1-2-4-12(11)17(20)23/h1-7,15H,8-9H2,(H,21,22)/t15-/m0/s1. The van der Waals surface area contributed by atoms with E-state index in [1.54, 1.807) is 35.2 Å². The fourth-order valence-corrected chi connectivity index (χ4v) is 3.13. The van der Waals surface area contributed by atoms with Gasteiger partial charge in [0.05, 0.1) is 22.5 Å². The summed E-state index contributed by atoms with van der Waals surface area (Å²) in [5, 5.41) is 9.96. The summed E-state index contributed by atoms with van der Waals surface area (Å²) in [6.07, 6.45) is -0.197. The quantitative estimate of drug-likeness (QED) is 0.901. The molecule has 0 aromatic heterocycles. The van der Waals surface area contributed by atoms with Gasteiger partial charge in [-0.15, -0.1) is 0 Å². The third-order valence-electron chi connectivity index (χ3n) is 3.92. The first-order valence-corrected chi connectivity index (χ1v) is 7.78. The number of aliphatic carboxylic acids is 1. The molecule has 0 radical (unpaired) electrons. The number of amides is 1. The Morgan fingerprint density at radius 1 is 1.17 bits per heavy atom. The van der Waals surface area contributed by atoms with Crippen molar-refractivity contribution < 1.29 is 14.7 Å². The van der Waals surface area contributed by atoms with Crippen LogP contribution < -0.4 is 0 Å². The van der Waals surface area contributed by atoms with Gasteiger partial charge in [-0.05, 0) is 29.3 Å². The fraction of sp³-hybridized carbons (Fsp3) is 0.176. The molecule has 1 aliphatic heterocycles. The van der Waals surface area contributed by atoms with Crippen LogP contribution >= 0.6 is 23.2 Å². The number of rotatable bonds is 4. The van der Waals surface area contributed by atoms with Crippen molar-refractivity contribution >= 4 is 35.1 Å². The number of hydrogen-bond acceptors (Lipinski definition) is 2. The normalized spacial score (nSPS) is 14.7. The Labute approximate surface area is 143 Å². The van der Waals surface area contributed by atoms with Crippen molar-refractivity contribution in [2.75, 3.05) is 0 Å². The molecule has 4 nitrogen and oxygen atoms in total. The predicted molar refractivity (Wildman–Crippen MR) is 87.8 cm³/mol. The van der Waals surface area contributed by atoms with Crippen LogP contribution in [0.3, 0.4) is 0 Å².